The van der Waals surface area contributed by atoms with Crippen molar-refractivity contribution < 1.29 is 22.7 Å². The van der Waals surface area contributed by atoms with Gasteiger partial charge in [0.1, 0.15) is 12.4 Å². The number of aryl methyl sites for hydroxylation is 1. The van der Waals surface area contributed by atoms with Crippen molar-refractivity contribution in [2.45, 2.75) is 24.9 Å². The van der Waals surface area contributed by atoms with Crippen molar-refractivity contribution in [3.8, 4) is 5.75 Å². The van der Waals surface area contributed by atoms with Crippen LogP contribution in [-0.2, 0) is 24.6 Å². The van der Waals surface area contributed by atoms with Crippen LogP contribution in [0.2, 0.25) is 5.02 Å². The van der Waals surface area contributed by atoms with E-state index in [1.807, 2.05) is 13.0 Å². The summed E-state index contributed by atoms with van der Waals surface area (Å²) in [5, 5.41) is 11.2. The Balaban J connectivity index is 1.59. The molecule has 0 aliphatic heterocycles. The van der Waals surface area contributed by atoms with Gasteiger partial charge < -0.3 is 14.6 Å². The molecule has 0 saturated heterocycles. The quantitative estimate of drug-likeness (QED) is 0.486. The summed E-state index contributed by atoms with van der Waals surface area (Å²) in [5.74, 6) is 0.293. The molecular weight excluding hydrogens is 453 g/mol. The minimum Gasteiger partial charge on any atom is -0.484 e. The molecule has 0 unspecified atom stereocenters. The standard InChI is InChI=1S/C20H18ClF3N4O2S/c1-12-7-8-14(21)16(9-12)30-10-17-26-27-19(28(17)2)31-11-18(29)25-15-6-4-3-5-13(15)20(22,23)24/h3-9H,10-11H2,1-2H3,(H,25,29). The molecule has 3 rings (SSSR count). The van der Waals surface area contributed by atoms with Crippen LogP contribution >= 0.6 is 23.4 Å². The van der Waals surface area contributed by atoms with E-state index in [9.17, 15) is 18.0 Å². The van der Waals surface area contributed by atoms with Gasteiger partial charge in [0.15, 0.2) is 11.0 Å². The van der Waals surface area contributed by atoms with E-state index in [4.69, 9.17) is 16.3 Å². The molecular formula is C20H18ClF3N4O2S. The third kappa shape index (κ3) is 5.92. The van der Waals surface area contributed by atoms with Crippen LogP contribution < -0.4 is 10.1 Å². The first kappa shape index (κ1) is 23.0. The lowest BCUT2D eigenvalue weighted by atomic mass is 10.1. The first-order valence-electron chi connectivity index (χ1n) is 9.01. The maximum absolute atomic E-state index is 13.0. The van der Waals surface area contributed by atoms with Crippen molar-refractivity contribution in [1.29, 1.82) is 0 Å². The maximum Gasteiger partial charge on any atom is 0.418 e. The minimum atomic E-state index is -4.56. The number of ether oxygens (including phenoxy) is 1. The second-order valence-corrected chi connectivity index (χ2v) is 7.91. The molecule has 0 bridgehead atoms. The molecule has 3 aromatic rings. The number of anilines is 1. The molecule has 0 aliphatic rings. The molecule has 11 heteroatoms. The van der Waals surface area contributed by atoms with Gasteiger partial charge in [-0.2, -0.15) is 13.2 Å². The maximum atomic E-state index is 13.0. The Labute approximate surface area is 185 Å². The predicted molar refractivity (Wildman–Crippen MR) is 112 cm³/mol. The first-order valence-corrected chi connectivity index (χ1v) is 10.4. The number of benzene rings is 2. The van der Waals surface area contributed by atoms with E-state index in [1.165, 1.54) is 18.2 Å². The first-order chi connectivity index (χ1) is 14.6. The number of rotatable bonds is 7. The molecule has 0 saturated carbocycles. The average molecular weight is 471 g/mol. The monoisotopic (exact) mass is 470 g/mol. The molecule has 2 aromatic carbocycles. The number of thioether (sulfide) groups is 1. The second kappa shape index (κ2) is 9.61. The van der Waals surface area contributed by atoms with Gasteiger partial charge in [-0.1, -0.05) is 41.6 Å². The molecule has 1 N–H and O–H groups in total. The molecule has 31 heavy (non-hydrogen) atoms. The lowest BCUT2D eigenvalue weighted by molar-refractivity contribution is -0.137. The van der Waals surface area contributed by atoms with Gasteiger partial charge in [-0.05, 0) is 36.8 Å². The topological polar surface area (TPSA) is 69.0 Å². The summed E-state index contributed by atoms with van der Waals surface area (Å²) >= 11 is 7.16. The second-order valence-electron chi connectivity index (χ2n) is 6.56. The van der Waals surface area contributed by atoms with Crippen molar-refractivity contribution in [3.63, 3.8) is 0 Å². The van der Waals surface area contributed by atoms with Crippen molar-refractivity contribution >= 4 is 35.0 Å². The summed E-state index contributed by atoms with van der Waals surface area (Å²) in [7, 11) is 1.70. The molecule has 0 atom stereocenters. The highest BCUT2D eigenvalue weighted by Crippen LogP contribution is 2.34. The summed E-state index contributed by atoms with van der Waals surface area (Å²) in [6, 6.07) is 10.2. The zero-order chi connectivity index (χ0) is 22.6. The third-order valence-electron chi connectivity index (χ3n) is 4.21. The number of halogens is 4. The molecule has 164 valence electrons. The normalized spacial score (nSPS) is 11.4. The Morgan fingerprint density at radius 2 is 1.97 bits per heavy atom. The van der Waals surface area contributed by atoms with Gasteiger partial charge in [0.05, 0.1) is 22.0 Å². The van der Waals surface area contributed by atoms with Crippen molar-refractivity contribution in [2.75, 3.05) is 11.1 Å². The van der Waals surface area contributed by atoms with Gasteiger partial charge in [0, 0.05) is 7.05 Å². The lowest BCUT2D eigenvalue weighted by Crippen LogP contribution is -2.18. The minimum absolute atomic E-state index is 0.110. The van der Waals surface area contributed by atoms with Crippen molar-refractivity contribution in [2.24, 2.45) is 7.05 Å². The van der Waals surface area contributed by atoms with Crippen LogP contribution in [-0.4, -0.2) is 26.4 Å². The zero-order valence-electron chi connectivity index (χ0n) is 16.5. The molecule has 0 spiro atoms. The van der Waals surface area contributed by atoms with E-state index in [0.717, 1.165) is 23.4 Å². The summed E-state index contributed by atoms with van der Waals surface area (Å²) in [6.07, 6.45) is -4.56. The highest BCUT2D eigenvalue weighted by Gasteiger charge is 2.33. The highest BCUT2D eigenvalue weighted by molar-refractivity contribution is 7.99. The Morgan fingerprint density at radius 1 is 1.23 bits per heavy atom. The van der Waals surface area contributed by atoms with Crippen LogP contribution in [0, 0.1) is 6.92 Å². The Kier molecular flexibility index (Phi) is 7.11. The van der Waals surface area contributed by atoms with Gasteiger partial charge in [0.2, 0.25) is 5.91 Å². The Bertz CT molecular complexity index is 1090. The Hall–Kier alpha value is -2.72. The van der Waals surface area contributed by atoms with E-state index in [2.05, 4.69) is 15.5 Å². The summed E-state index contributed by atoms with van der Waals surface area (Å²) < 4.78 is 46.5. The lowest BCUT2D eigenvalue weighted by Gasteiger charge is -2.13. The number of nitrogens with one attached hydrogen (secondary N) is 1. The molecule has 6 nitrogen and oxygen atoms in total. The van der Waals surface area contributed by atoms with Gasteiger partial charge in [0.25, 0.3) is 0 Å². The van der Waals surface area contributed by atoms with Crippen LogP contribution in [0.15, 0.2) is 47.6 Å². The van der Waals surface area contributed by atoms with Gasteiger partial charge in [-0.3, -0.25) is 4.79 Å². The van der Waals surface area contributed by atoms with Crippen LogP contribution in [0.3, 0.4) is 0 Å². The third-order valence-corrected chi connectivity index (χ3v) is 5.54. The van der Waals surface area contributed by atoms with Crippen LogP contribution in [0.4, 0.5) is 18.9 Å². The molecule has 1 aromatic heterocycles. The number of nitrogens with zero attached hydrogens (tertiary/aromatic N) is 3. The number of hydrogen-bond donors (Lipinski definition) is 1. The average Bonchev–Trinajstić information content (AvgIpc) is 3.06. The number of amides is 1. The largest absolute Gasteiger partial charge is 0.484 e. The van der Waals surface area contributed by atoms with E-state index in [1.54, 1.807) is 23.7 Å². The zero-order valence-corrected chi connectivity index (χ0v) is 18.1. The fourth-order valence-electron chi connectivity index (χ4n) is 2.62. The molecule has 1 amide bonds. The van der Waals surface area contributed by atoms with Crippen LogP contribution in [0.25, 0.3) is 0 Å². The van der Waals surface area contributed by atoms with Gasteiger partial charge in [-0.15, -0.1) is 10.2 Å². The Morgan fingerprint density at radius 3 is 2.71 bits per heavy atom. The molecule has 1 heterocycles. The van der Waals surface area contributed by atoms with Gasteiger partial charge >= 0.3 is 6.18 Å². The summed E-state index contributed by atoms with van der Waals surface area (Å²) in [5.41, 5.74) is -0.198. The van der Waals surface area contributed by atoms with E-state index >= 15 is 0 Å². The number of para-hydroxylation sites is 1. The smallest absolute Gasteiger partial charge is 0.418 e. The van der Waals surface area contributed by atoms with Crippen molar-refractivity contribution in [3.05, 3.63) is 64.4 Å². The number of carbonyl (C=O) groups is 1. The number of aromatic nitrogens is 3. The van der Waals surface area contributed by atoms with E-state index in [0.29, 0.717) is 21.8 Å². The van der Waals surface area contributed by atoms with Crippen molar-refractivity contribution in [1.82, 2.24) is 14.8 Å². The highest BCUT2D eigenvalue weighted by atomic mass is 35.5. The van der Waals surface area contributed by atoms with Crippen LogP contribution in [0.5, 0.6) is 5.75 Å². The SMILES string of the molecule is Cc1ccc(Cl)c(OCc2nnc(SCC(=O)Nc3ccccc3C(F)(F)F)n2C)c1. The molecule has 0 radical (unpaired) electrons. The van der Waals surface area contributed by atoms with E-state index < -0.39 is 17.6 Å². The summed E-state index contributed by atoms with van der Waals surface area (Å²) in [6.45, 7) is 2.02. The van der Waals surface area contributed by atoms with Crippen LogP contribution in [0.1, 0.15) is 17.0 Å². The summed E-state index contributed by atoms with van der Waals surface area (Å²) in [4.78, 5) is 12.2. The number of hydrogen-bond acceptors (Lipinski definition) is 5. The van der Waals surface area contributed by atoms with Gasteiger partial charge in [-0.25, -0.2) is 0 Å². The number of carbonyl (C=O) groups excluding carboxylic acids is 1. The fourth-order valence-corrected chi connectivity index (χ4v) is 3.52. The number of alkyl halides is 3. The fraction of sp³-hybridized carbons (Fsp3) is 0.250. The van der Waals surface area contributed by atoms with E-state index in [-0.39, 0.29) is 18.0 Å². The molecule has 0 fully saturated rings. The molecule has 0 aliphatic carbocycles. The predicted octanol–water partition coefficient (Wildman–Crippen LogP) is 5.11.